The molecule has 0 aromatic rings. The van der Waals surface area contributed by atoms with E-state index in [4.69, 9.17) is 0 Å². The van der Waals surface area contributed by atoms with Crippen LogP contribution in [0.2, 0.25) is 0 Å². The molecule has 1 N–H and O–H groups in total. The Morgan fingerprint density at radius 3 is 2.47 bits per heavy atom. The maximum Gasteiger partial charge on any atom is 0.220 e. The summed E-state index contributed by atoms with van der Waals surface area (Å²) in [7, 11) is 0. The largest absolute Gasteiger partial charge is 0.356 e. The van der Waals surface area contributed by atoms with E-state index in [9.17, 15) is 4.79 Å². The van der Waals surface area contributed by atoms with E-state index in [-0.39, 0.29) is 5.91 Å². The standard InChI is InChI=1S/C15H29NO/c1-2-3-4-5-9-12-16-15(17)13-14-10-7-6-8-11-14/h14H,2-13H2,1H3,(H,16,17). The van der Waals surface area contributed by atoms with Gasteiger partial charge >= 0.3 is 0 Å². The minimum atomic E-state index is 0.285. The van der Waals surface area contributed by atoms with Gasteiger partial charge in [0.1, 0.15) is 0 Å². The van der Waals surface area contributed by atoms with Crippen LogP contribution in [0.4, 0.5) is 0 Å². The second-order valence-corrected chi connectivity index (χ2v) is 5.47. The molecule has 1 fully saturated rings. The Morgan fingerprint density at radius 2 is 1.76 bits per heavy atom. The Morgan fingerprint density at radius 1 is 1.06 bits per heavy atom. The van der Waals surface area contributed by atoms with Gasteiger partial charge in [0, 0.05) is 13.0 Å². The number of rotatable bonds is 8. The van der Waals surface area contributed by atoms with Crippen molar-refractivity contribution in [1.29, 1.82) is 0 Å². The zero-order valence-corrected chi connectivity index (χ0v) is 11.5. The van der Waals surface area contributed by atoms with Crippen molar-refractivity contribution in [2.45, 2.75) is 77.6 Å². The van der Waals surface area contributed by atoms with Crippen molar-refractivity contribution >= 4 is 5.91 Å². The lowest BCUT2D eigenvalue weighted by molar-refractivity contribution is -0.122. The van der Waals surface area contributed by atoms with Crippen LogP contribution < -0.4 is 5.32 Å². The van der Waals surface area contributed by atoms with Gasteiger partial charge in [-0.3, -0.25) is 4.79 Å². The molecule has 0 aliphatic heterocycles. The summed E-state index contributed by atoms with van der Waals surface area (Å²) in [5.41, 5.74) is 0. The van der Waals surface area contributed by atoms with Gasteiger partial charge in [-0.25, -0.2) is 0 Å². The van der Waals surface area contributed by atoms with E-state index < -0.39 is 0 Å². The monoisotopic (exact) mass is 239 g/mol. The number of amides is 1. The molecule has 100 valence electrons. The number of hydrogen-bond donors (Lipinski definition) is 1. The lowest BCUT2D eigenvalue weighted by Gasteiger charge is -2.20. The summed E-state index contributed by atoms with van der Waals surface area (Å²) < 4.78 is 0. The number of unbranched alkanes of at least 4 members (excludes halogenated alkanes) is 4. The maximum absolute atomic E-state index is 11.7. The second-order valence-electron chi connectivity index (χ2n) is 5.47. The molecule has 2 heteroatoms. The third-order valence-electron chi connectivity index (χ3n) is 3.80. The molecule has 0 radical (unpaired) electrons. The Kier molecular flexibility index (Phi) is 8.12. The predicted octanol–water partition coefficient (Wildman–Crippen LogP) is 4.04. The topological polar surface area (TPSA) is 29.1 Å². The summed E-state index contributed by atoms with van der Waals surface area (Å²) >= 11 is 0. The zero-order valence-electron chi connectivity index (χ0n) is 11.5. The number of carbonyl (C=O) groups excluding carboxylic acids is 1. The van der Waals surface area contributed by atoms with Crippen LogP contribution in [0.3, 0.4) is 0 Å². The van der Waals surface area contributed by atoms with Crippen molar-refractivity contribution in [3.8, 4) is 0 Å². The Balaban J connectivity index is 1.93. The molecule has 0 atom stereocenters. The summed E-state index contributed by atoms with van der Waals surface area (Å²) in [6.07, 6.45) is 13.7. The first-order valence-corrected chi connectivity index (χ1v) is 7.59. The molecule has 1 aliphatic carbocycles. The van der Waals surface area contributed by atoms with E-state index in [2.05, 4.69) is 12.2 Å². The highest BCUT2D eigenvalue weighted by molar-refractivity contribution is 5.76. The molecule has 0 aromatic carbocycles. The summed E-state index contributed by atoms with van der Waals surface area (Å²) in [5.74, 6) is 0.955. The van der Waals surface area contributed by atoms with Gasteiger partial charge in [0.25, 0.3) is 0 Å². The van der Waals surface area contributed by atoms with Gasteiger partial charge in [0.2, 0.25) is 5.91 Å². The lowest BCUT2D eigenvalue weighted by Crippen LogP contribution is -2.27. The van der Waals surface area contributed by atoms with Crippen LogP contribution in [-0.4, -0.2) is 12.5 Å². The summed E-state index contributed by atoms with van der Waals surface area (Å²) in [4.78, 5) is 11.7. The first-order valence-electron chi connectivity index (χ1n) is 7.59. The highest BCUT2D eigenvalue weighted by Gasteiger charge is 2.16. The van der Waals surface area contributed by atoms with E-state index in [0.717, 1.165) is 19.4 Å². The van der Waals surface area contributed by atoms with Gasteiger partial charge in [0.15, 0.2) is 0 Å². The number of carbonyl (C=O) groups is 1. The Bertz CT molecular complexity index is 197. The smallest absolute Gasteiger partial charge is 0.220 e. The van der Waals surface area contributed by atoms with E-state index in [1.165, 1.54) is 57.8 Å². The van der Waals surface area contributed by atoms with E-state index in [1.807, 2.05) is 0 Å². The highest BCUT2D eigenvalue weighted by atomic mass is 16.1. The molecule has 1 amide bonds. The molecule has 0 bridgehead atoms. The minimum absolute atomic E-state index is 0.285. The Hall–Kier alpha value is -0.530. The van der Waals surface area contributed by atoms with Crippen LogP contribution in [0.1, 0.15) is 77.6 Å². The molecule has 1 saturated carbocycles. The van der Waals surface area contributed by atoms with Crippen molar-refractivity contribution < 1.29 is 4.79 Å². The first-order chi connectivity index (χ1) is 8.33. The Labute approximate surface area is 107 Å². The number of nitrogens with one attached hydrogen (secondary N) is 1. The molecule has 0 unspecified atom stereocenters. The molecule has 0 saturated heterocycles. The zero-order chi connectivity index (χ0) is 12.3. The van der Waals surface area contributed by atoms with Gasteiger partial charge < -0.3 is 5.32 Å². The van der Waals surface area contributed by atoms with Crippen LogP contribution in [-0.2, 0) is 4.79 Å². The van der Waals surface area contributed by atoms with Crippen LogP contribution >= 0.6 is 0 Å². The van der Waals surface area contributed by atoms with Crippen molar-refractivity contribution in [3.05, 3.63) is 0 Å². The molecule has 0 spiro atoms. The fraction of sp³-hybridized carbons (Fsp3) is 0.933. The van der Waals surface area contributed by atoms with Crippen molar-refractivity contribution in [3.63, 3.8) is 0 Å². The van der Waals surface area contributed by atoms with Crippen molar-refractivity contribution in [1.82, 2.24) is 5.32 Å². The van der Waals surface area contributed by atoms with Gasteiger partial charge in [0.05, 0.1) is 0 Å². The lowest BCUT2D eigenvalue weighted by atomic mass is 9.87. The summed E-state index contributed by atoms with van der Waals surface area (Å²) in [5, 5.41) is 3.07. The summed E-state index contributed by atoms with van der Waals surface area (Å²) in [6.45, 7) is 3.11. The highest BCUT2D eigenvalue weighted by Crippen LogP contribution is 2.25. The third-order valence-corrected chi connectivity index (χ3v) is 3.80. The van der Waals surface area contributed by atoms with Crippen LogP contribution in [0.5, 0.6) is 0 Å². The molecular weight excluding hydrogens is 210 g/mol. The number of hydrogen-bond acceptors (Lipinski definition) is 1. The molecule has 1 rings (SSSR count). The van der Waals surface area contributed by atoms with Crippen LogP contribution in [0, 0.1) is 5.92 Å². The van der Waals surface area contributed by atoms with Crippen molar-refractivity contribution in [2.24, 2.45) is 5.92 Å². The molecule has 0 heterocycles. The van der Waals surface area contributed by atoms with Crippen LogP contribution in [0.25, 0.3) is 0 Å². The average molecular weight is 239 g/mol. The SMILES string of the molecule is CCCCCCCNC(=O)CC1CCCCC1. The summed E-state index contributed by atoms with van der Waals surface area (Å²) in [6, 6.07) is 0. The molecule has 1 aliphatic rings. The third kappa shape index (κ3) is 7.40. The van der Waals surface area contributed by atoms with E-state index in [0.29, 0.717) is 5.92 Å². The molecular formula is C15H29NO. The second kappa shape index (κ2) is 9.49. The minimum Gasteiger partial charge on any atom is -0.356 e. The van der Waals surface area contributed by atoms with Crippen molar-refractivity contribution in [2.75, 3.05) is 6.54 Å². The van der Waals surface area contributed by atoms with E-state index >= 15 is 0 Å². The van der Waals surface area contributed by atoms with Gasteiger partial charge in [-0.15, -0.1) is 0 Å². The van der Waals surface area contributed by atoms with E-state index in [1.54, 1.807) is 0 Å². The van der Waals surface area contributed by atoms with Gasteiger partial charge in [-0.05, 0) is 25.2 Å². The molecule has 17 heavy (non-hydrogen) atoms. The quantitative estimate of drug-likeness (QED) is 0.636. The van der Waals surface area contributed by atoms with Gasteiger partial charge in [-0.2, -0.15) is 0 Å². The average Bonchev–Trinajstić information content (AvgIpc) is 2.35. The predicted molar refractivity (Wildman–Crippen MR) is 73.0 cm³/mol. The maximum atomic E-state index is 11.7. The fourth-order valence-electron chi connectivity index (χ4n) is 2.68. The molecule has 0 aromatic heterocycles. The van der Waals surface area contributed by atoms with Gasteiger partial charge in [-0.1, -0.05) is 51.9 Å². The molecule has 2 nitrogen and oxygen atoms in total. The fourth-order valence-corrected chi connectivity index (χ4v) is 2.68. The first kappa shape index (κ1) is 14.5. The van der Waals surface area contributed by atoms with Crippen LogP contribution in [0.15, 0.2) is 0 Å². The normalized spacial score (nSPS) is 17.0.